The zero-order valence-corrected chi connectivity index (χ0v) is 13.7. The van der Waals surface area contributed by atoms with Gasteiger partial charge in [-0.05, 0) is 43.3 Å². The van der Waals surface area contributed by atoms with Crippen molar-refractivity contribution in [2.24, 2.45) is 0 Å². The Morgan fingerprint density at radius 3 is 2.17 bits per heavy atom. The second kappa shape index (κ2) is 8.67. The Bertz CT molecular complexity index is 666. The Morgan fingerprint density at radius 2 is 1.58 bits per heavy atom. The first-order chi connectivity index (χ1) is 11.6. The van der Waals surface area contributed by atoms with Gasteiger partial charge < -0.3 is 24.1 Å². The van der Waals surface area contributed by atoms with Gasteiger partial charge >= 0.3 is 5.97 Å². The lowest BCUT2D eigenvalue weighted by atomic mass is 10.2. The Kier molecular flexibility index (Phi) is 6.31. The van der Waals surface area contributed by atoms with E-state index in [9.17, 15) is 9.90 Å². The maximum Gasteiger partial charge on any atom is 0.342 e. The van der Waals surface area contributed by atoms with Gasteiger partial charge in [-0.3, -0.25) is 0 Å². The second-order valence-electron chi connectivity index (χ2n) is 4.77. The molecule has 0 unspecified atom stereocenters. The molecule has 1 N–H and O–H groups in total. The number of benzene rings is 2. The third-order valence-electron chi connectivity index (χ3n) is 3.14. The van der Waals surface area contributed by atoms with E-state index in [1.807, 2.05) is 6.92 Å². The molecule has 0 atom stereocenters. The molecule has 0 aromatic heterocycles. The first-order valence-electron chi connectivity index (χ1n) is 7.54. The topological polar surface area (TPSA) is 74.2 Å². The van der Waals surface area contributed by atoms with Crippen LogP contribution in [0.1, 0.15) is 17.3 Å². The van der Waals surface area contributed by atoms with Gasteiger partial charge in [-0.25, -0.2) is 4.79 Å². The maximum absolute atomic E-state index is 11.9. The van der Waals surface area contributed by atoms with Gasteiger partial charge in [-0.15, -0.1) is 0 Å². The normalized spacial score (nSPS) is 10.1. The van der Waals surface area contributed by atoms with Crippen molar-refractivity contribution >= 4 is 5.97 Å². The molecule has 24 heavy (non-hydrogen) atoms. The molecule has 0 fully saturated rings. The molecule has 0 saturated heterocycles. The molecule has 0 aliphatic carbocycles. The summed E-state index contributed by atoms with van der Waals surface area (Å²) in [6.45, 7) is 2.79. The van der Waals surface area contributed by atoms with E-state index < -0.39 is 5.97 Å². The summed E-state index contributed by atoms with van der Waals surface area (Å²) in [5.41, 5.74) is 0.0804. The SMILES string of the molecule is CCOc1ccc(OCCOC(=O)c2ccc(OC)cc2O)cc1. The number of ether oxygens (including phenoxy) is 4. The van der Waals surface area contributed by atoms with Gasteiger partial charge in [0, 0.05) is 6.07 Å². The lowest BCUT2D eigenvalue weighted by Crippen LogP contribution is -2.12. The molecule has 2 aromatic rings. The number of hydrogen-bond acceptors (Lipinski definition) is 6. The molecule has 2 rings (SSSR count). The third kappa shape index (κ3) is 4.81. The number of esters is 1. The maximum atomic E-state index is 11.9. The summed E-state index contributed by atoms with van der Waals surface area (Å²) in [5, 5.41) is 9.77. The first-order valence-corrected chi connectivity index (χ1v) is 7.54. The predicted octanol–water partition coefficient (Wildman–Crippen LogP) is 3.04. The third-order valence-corrected chi connectivity index (χ3v) is 3.14. The summed E-state index contributed by atoms with van der Waals surface area (Å²) < 4.78 is 20.9. The number of hydrogen-bond donors (Lipinski definition) is 1. The van der Waals surface area contributed by atoms with Crippen molar-refractivity contribution in [2.45, 2.75) is 6.92 Å². The number of carbonyl (C=O) groups excluding carboxylic acids is 1. The highest BCUT2D eigenvalue weighted by Crippen LogP contribution is 2.24. The smallest absolute Gasteiger partial charge is 0.342 e. The van der Waals surface area contributed by atoms with Gasteiger partial charge in [0.2, 0.25) is 0 Å². The summed E-state index contributed by atoms with van der Waals surface area (Å²) in [7, 11) is 1.48. The van der Waals surface area contributed by atoms with Crippen LogP contribution in [0.25, 0.3) is 0 Å². The van der Waals surface area contributed by atoms with E-state index in [0.717, 1.165) is 5.75 Å². The Labute approximate surface area is 140 Å². The van der Waals surface area contributed by atoms with Crippen molar-refractivity contribution in [3.63, 3.8) is 0 Å². The molecule has 0 radical (unpaired) electrons. The number of aromatic hydroxyl groups is 1. The van der Waals surface area contributed by atoms with Crippen LogP contribution in [0.15, 0.2) is 42.5 Å². The lowest BCUT2D eigenvalue weighted by molar-refractivity contribution is 0.0447. The van der Waals surface area contributed by atoms with Crippen LogP contribution in [-0.4, -0.2) is 38.0 Å². The molecule has 0 aliphatic rings. The lowest BCUT2D eigenvalue weighted by Gasteiger charge is -2.09. The van der Waals surface area contributed by atoms with Crippen molar-refractivity contribution in [2.75, 3.05) is 26.9 Å². The molecule has 0 spiro atoms. The van der Waals surface area contributed by atoms with Crippen molar-refractivity contribution in [1.29, 1.82) is 0 Å². The largest absolute Gasteiger partial charge is 0.507 e. The van der Waals surface area contributed by atoms with E-state index in [4.69, 9.17) is 18.9 Å². The van der Waals surface area contributed by atoms with Crippen LogP contribution in [0.4, 0.5) is 0 Å². The Balaban J connectivity index is 1.78. The fourth-order valence-corrected chi connectivity index (χ4v) is 1.98. The highest BCUT2D eigenvalue weighted by molar-refractivity contribution is 5.92. The molecule has 128 valence electrons. The molecule has 2 aromatic carbocycles. The molecule has 0 heterocycles. The zero-order chi connectivity index (χ0) is 17.4. The van der Waals surface area contributed by atoms with Gasteiger partial charge in [0.25, 0.3) is 0 Å². The molecule has 0 saturated carbocycles. The van der Waals surface area contributed by atoms with Crippen LogP contribution in [-0.2, 0) is 4.74 Å². The van der Waals surface area contributed by atoms with Gasteiger partial charge in [0.15, 0.2) is 0 Å². The molecule has 0 aliphatic heterocycles. The Hall–Kier alpha value is -2.89. The quantitative estimate of drug-likeness (QED) is 0.592. The fraction of sp³-hybridized carbons (Fsp3) is 0.278. The monoisotopic (exact) mass is 332 g/mol. The van der Waals surface area contributed by atoms with Gasteiger partial charge in [0.05, 0.1) is 13.7 Å². The summed E-state index contributed by atoms with van der Waals surface area (Å²) in [6.07, 6.45) is 0. The summed E-state index contributed by atoms with van der Waals surface area (Å²) >= 11 is 0. The minimum Gasteiger partial charge on any atom is -0.507 e. The number of methoxy groups -OCH3 is 1. The van der Waals surface area contributed by atoms with Gasteiger partial charge in [0.1, 0.15) is 41.8 Å². The highest BCUT2D eigenvalue weighted by Gasteiger charge is 2.13. The second-order valence-corrected chi connectivity index (χ2v) is 4.77. The predicted molar refractivity (Wildman–Crippen MR) is 88.0 cm³/mol. The van der Waals surface area contributed by atoms with Crippen LogP contribution in [0.5, 0.6) is 23.0 Å². The minimum absolute atomic E-state index is 0.0670. The number of carbonyl (C=O) groups is 1. The molecule has 0 bridgehead atoms. The van der Waals surface area contributed by atoms with Crippen molar-refractivity contribution in [3.05, 3.63) is 48.0 Å². The molecule has 6 heteroatoms. The number of phenolic OH excluding ortho intramolecular Hbond substituents is 1. The average molecular weight is 332 g/mol. The van der Waals surface area contributed by atoms with Crippen molar-refractivity contribution in [1.82, 2.24) is 0 Å². The summed E-state index contributed by atoms with van der Waals surface area (Å²) in [5.74, 6) is 1.08. The van der Waals surface area contributed by atoms with E-state index in [1.165, 1.54) is 19.2 Å². The van der Waals surface area contributed by atoms with Crippen LogP contribution in [0.3, 0.4) is 0 Å². The van der Waals surface area contributed by atoms with Gasteiger partial charge in [-0.2, -0.15) is 0 Å². The summed E-state index contributed by atoms with van der Waals surface area (Å²) in [6, 6.07) is 11.5. The van der Waals surface area contributed by atoms with E-state index >= 15 is 0 Å². The van der Waals surface area contributed by atoms with Crippen LogP contribution < -0.4 is 14.2 Å². The van der Waals surface area contributed by atoms with E-state index in [2.05, 4.69) is 0 Å². The molecular weight excluding hydrogens is 312 g/mol. The standard InChI is InChI=1S/C18H20O6/c1-3-22-13-4-6-14(7-5-13)23-10-11-24-18(20)16-9-8-15(21-2)12-17(16)19/h4-9,12,19H,3,10-11H2,1-2H3. The summed E-state index contributed by atoms with van der Waals surface area (Å²) in [4.78, 5) is 11.9. The minimum atomic E-state index is -0.620. The number of phenols is 1. The highest BCUT2D eigenvalue weighted by atomic mass is 16.6. The molecular formula is C18H20O6. The van der Waals surface area contributed by atoms with E-state index in [1.54, 1.807) is 30.3 Å². The number of rotatable bonds is 8. The zero-order valence-electron chi connectivity index (χ0n) is 13.7. The van der Waals surface area contributed by atoms with Gasteiger partial charge in [-0.1, -0.05) is 0 Å². The Morgan fingerprint density at radius 1 is 0.958 bits per heavy atom. The first kappa shape index (κ1) is 17.5. The van der Waals surface area contributed by atoms with Crippen LogP contribution >= 0.6 is 0 Å². The van der Waals surface area contributed by atoms with Crippen LogP contribution in [0.2, 0.25) is 0 Å². The molecule has 0 amide bonds. The van der Waals surface area contributed by atoms with E-state index in [0.29, 0.717) is 18.1 Å². The van der Waals surface area contributed by atoms with Crippen molar-refractivity contribution in [3.8, 4) is 23.0 Å². The van der Waals surface area contributed by atoms with Crippen LogP contribution in [0, 0.1) is 0 Å². The molecule has 6 nitrogen and oxygen atoms in total. The fourth-order valence-electron chi connectivity index (χ4n) is 1.98. The average Bonchev–Trinajstić information content (AvgIpc) is 2.60. The van der Waals surface area contributed by atoms with Crippen molar-refractivity contribution < 1.29 is 28.8 Å². The van der Waals surface area contributed by atoms with E-state index in [-0.39, 0.29) is 24.5 Å².